The average molecular weight is 296 g/mol. The van der Waals surface area contributed by atoms with E-state index in [4.69, 9.17) is 9.72 Å². The third kappa shape index (κ3) is 3.62. The lowest BCUT2D eigenvalue weighted by atomic mass is 9.82. The van der Waals surface area contributed by atoms with E-state index in [9.17, 15) is 5.11 Å². The second-order valence-corrected chi connectivity index (χ2v) is 6.47. The first-order chi connectivity index (χ1) is 9.93. The summed E-state index contributed by atoms with van der Waals surface area (Å²) in [6.07, 6.45) is 2.46. The Labute approximate surface area is 127 Å². The summed E-state index contributed by atoms with van der Waals surface area (Å²) in [5.74, 6) is 2.13. The van der Waals surface area contributed by atoms with Gasteiger partial charge >= 0.3 is 0 Å². The SMILES string of the molecule is COCc1nc([C@H]2CC[C@@H](O)[C@H](N(C)C)C2)n(C(C)C)n1. The van der Waals surface area contributed by atoms with Crippen molar-refractivity contribution in [3.8, 4) is 0 Å². The Morgan fingerprint density at radius 1 is 1.38 bits per heavy atom. The number of aliphatic hydroxyl groups excluding tert-OH is 1. The molecular weight excluding hydrogens is 268 g/mol. The van der Waals surface area contributed by atoms with Crippen LogP contribution in [0.5, 0.6) is 0 Å². The minimum Gasteiger partial charge on any atom is -0.391 e. The molecule has 1 aromatic heterocycles. The van der Waals surface area contributed by atoms with Crippen molar-refractivity contribution in [2.45, 2.75) is 63.8 Å². The number of hydrogen-bond acceptors (Lipinski definition) is 5. The van der Waals surface area contributed by atoms with Crippen molar-refractivity contribution in [3.63, 3.8) is 0 Å². The number of methoxy groups -OCH3 is 1. The van der Waals surface area contributed by atoms with Gasteiger partial charge in [0.25, 0.3) is 0 Å². The first-order valence-corrected chi connectivity index (χ1v) is 7.72. The molecule has 0 aliphatic heterocycles. The van der Waals surface area contributed by atoms with Crippen molar-refractivity contribution >= 4 is 0 Å². The topological polar surface area (TPSA) is 63.4 Å². The van der Waals surface area contributed by atoms with Crippen LogP contribution in [0, 0.1) is 0 Å². The zero-order valence-corrected chi connectivity index (χ0v) is 13.8. The second kappa shape index (κ2) is 6.85. The van der Waals surface area contributed by atoms with Gasteiger partial charge in [0.2, 0.25) is 0 Å². The molecule has 0 bridgehead atoms. The van der Waals surface area contributed by atoms with E-state index in [0.29, 0.717) is 12.5 Å². The van der Waals surface area contributed by atoms with Gasteiger partial charge in [-0.3, -0.25) is 0 Å². The Balaban J connectivity index is 2.24. The number of ether oxygens (including phenoxy) is 1. The zero-order chi connectivity index (χ0) is 15.6. The van der Waals surface area contributed by atoms with Crippen LogP contribution in [-0.4, -0.2) is 58.1 Å². The molecule has 0 unspecified atom stereocenters. The Kier molecular flexibility index (Phi) is 5.35. The molecule has 1 heterocycles. The first-order valence-electron chi connectivity index (χ1n) is 7.72. The van der Waals surface area contributed by atoms with E-state index in [1.807, 2.05) is 18.8 Å². The van der Waals surface area contributed by atoms with Crippen LogP contribution in [0.4, 0.5) is 0 Å². The standard InChI is InChI=1S/C15H28N4O2/c1-10(2)19-15(16-14(17-19)9-21-5)11-6-7-13(20)12(8-11)18(3)4/h10-13,20H,6-9H2,1-5H3/t11-,12+,13+/m0/s1. The van der Waals surface area contributed by atoms with Crippen LogP contribution < -0.4 is 0 Å². The molecule has 1 N–H and O–H groups in total. The van der Waals surface area contributed by atoms with Crippen LogP contribution in [0.3, 0.4) is 0 Å². The van der Waals surface area contributed by atoms with E-state index < -0.39 is 0 Å². The maximum atomic E-state index is 10.2. The highest BCUT2D eigenvalue weighted by molar-refractivity contribution is 5.05. The molecule has 1 fully saturated rings. The largest absolute Gasteiger partial charge is 0.391 e. The lowest BCUT2D eigenvalue weighted by Crippen LogP contribution is -2.43. The quantitative estimate of drug-likeness (QED) is 0.893. The third-order valence-corrected chi connectivity index (χ3v) is 4.27. The number of nitrogens with zero attached hydrogens (tertiary/aromatic N) is 4. The highest BCUT2D eigenvalue weighted by atomic mass is 16.5. The van der Waals surface area contributed by atoms with Gasteiger partial charge in [-0.05, 0) is 47.2 Å². The van der Waals surface area contributed by atoms with Crippen LogP contribution in [0.1, 0.15) is 56.7 Å². The highest BCUT2D eigenvalue weighted by Gasteiger charge is 2.34. The van der Waals surface area contributed by atoms with E-state index in [0.717, 1.165) is 30.9 Å². The minimum atomic E-state index is -0.245. The number of rotatable bonds is 5. The van der Waals surface area contributed by atoms with Crippen LogP contribution in [0.2, 0.25) is 0 Å². The molecule has 120 valence electrons. The number of likely N-dealkylation sites (N-methyl/N-ethyl adjacent to an activating group) is 1. The Morgan fingerprint density at radius 2 is 2.10 bits per heavy atom. The van der Waals surface area contributed by atoms with Crippen molar-refractivity contribution in [2.75, 3.05) is 21.2 Å². The summed E-state index contributed by atoms with van der Waals surface area (Å²) in [5.41, 5.74) is 0. The van der Waals surface area contributed by atoms with Crippen molar-refractivity contribution in [1.29, 1.82) is 0 Å². The predicted molar refractivity (Wildman–Crippen MR) is 81.2 cm³/mol. The fraction of sp³-hybridized carbons (Fsp3) is 0.867. The fourth-order valence-electron chi connectivity index (χ4n) is 3.15. The van der Waals surface area contributed by atoms with Gasteiger partial charge in [-0.2, -0.15) is 5.10 Å². The molecule has 1 aliphatic carbocycles. The number of hydrogen-bond donors (Lipinski definition) is 1. The predicted octanol–water partition coefficient (Wildman–Crippen LogP) is 1.56. The van der Waals surface area contributed by atoms with Crippen LogP contribution in [0.25, 0.3) is 0 Å². The monoisotopic (exact) mass is 296 g/mol. The Hall–Kier alpha value is -0.980. The molecule has 21 heavy (non-hydrogen) atoms. The van der Waals surface area contributed by atoms with Crippen LogP contribution in [-0.2, 0) is 11.3 Å². The van der Waals surface area contributed by atoms with Gasteiger partial charge < -0.3 is 14.7 Å². The molecule has 2 rings (SSSR count). The lowest BCUT2D eigenvalue weighted by Gasteiger charge is -2.37. The van der Waals surface area contributed by atoms with Gasteiger partial charge in [0.1, 0.15) is 12.4 Å². The molecule has 0 spiro atoms. The van der Waals surface area contributed by atoms with E-state index in [-0.39, 0.29) is 18.2 Å². The lowest BCUT2D eigenvalue weighted by molar-refractivity contribution is 0.0348. The molecule has 0 radical (unpaired) electrons. The molecule has 6 heteroatoms. The highest BCUT2D eigenvalue weighted by Crippen LogP contribution is 2.34. The maximum Gasteiger partial charge on any atom is 0.176 e. The third-order valence-electron chi connectivity index (χ3n) is 4.27. The smallest absolute Gasteiger partial charge is 0.176 e. The molecule has 1 aliphatic rings. The molecular formula is C15H28N4O2. The summed E-state index contributed by atoms with van der Waals surface area (Å²) in [6.45, 7) is 4.69. The normalized spacial score (nSPS) is 26.8. The molecule has 6 nitrogen and oxygen atoms in total. The summed E-state index contributed by atoms with van der Waals surface area (Å²) < 4.78 is 7.17. The van der Waals surface area contributed by atoms with Crippen molar-refractivity contribution < 1.29 is 9.84 Å². The Morgan fingerprint density at radius 3 is 2.67 bits per heavy atom. The summed E-state index contributed by atoms with van der Waals surface area (Å²) >= 11 is 0. The minimum absolute atomic E-state index is 0.187. The molecule has 0 amide bonds. The van der Waals surface area contributed by atoms with Gasteiger partial charge in [0, 0.05) is 25.1 Å². The van der Waals surface area contributed by atoms with E-state index in [2.05, 4.69) is 23.8 Å². The zero-order valence-electron chi connectivity index (χ0n) is 13.8. The van der Waals surface area contributed by atoms with E-state index in [1.54, 1.807) is 7.11 Å². The molecule has 1 saturated carbocycles. The first kappa shape index (κ1) is 16.4. The van der Waals surface area contributed by atoms with E-state index in [1.165, 1.54) is 0 Å². The summed E-state index contributed by atoms with van der Waals surface area (Å²) in [5, 5.41) is 14.7. The van der Waals surface area contributed by atoms with Crippen LogP contribution >= 0.6 is 0 Å². The van der Waals surface area contributed by atoms with Gasteiger partial charge in [0.05, 0.1) is 6.10 Å². The van der Waals surface area contributed by atoms with Gasteiger partial charge in [-0.15, -0.1) is 0 Å². The molecule has 0 saturated heterocycles. The molecule has 1 aromatic rings. The maximum absolute atomic E-state index is 10.2. The van der Waals surface area contributed by atoms with Crippen LogP contribution in [0.15, 0.2) is 0 Å². The van der Waals surface area contributed by atoms with E-state index >= 15 is 0 Å². The number of aromatic nitrogens is 3. The number of aliphatic hydroxyl groups is 1. The van der Waals surface area contributed by atoms with Gasteiger partial charge in [-0.1, -0.05) is 0 Å². The van der Waals surface area contributed by atoms with Crippen molar-refractivity contribution in [1.82, 2.24) is 19.7 Å². The van der Waals surface area contributed by atoms with Gasteiger partial charge in [-0.25, -0.2) is 9.67 Å². The average Bonchev–Trinajstić information content (AvgIpc) is 2.83. The molecule has 0 aromatic carbocycles. The Bertz CT molecular complexity index is 459. The van der Waals surface area contributed by atoms with Crippen molar-refractivity contribution in [2.24, 2.45) is 0 Å². The second-order valence-electron chi connectivity index (χ2n) is 6.47. The fourth-order valence-corrected chi connectivity index (χ4v) is 3.15. The summed E-state index contributed by atoms with van der Waals surface area (Å²) in [7, 11) is 5.72. The summed E-state index contributed by atoms with van der Waals surface area (Å²) in [6, 6.07) is 0.467. The summed E-state index contributed by atoms with van der Waals surface area (Å²) in [4.78, 5) is 6.80. The molecule has 3 atom stereocenters. The van der Waals surface area contributed by atoms with Crippen molar-refractivity contribution in [3.05, 3.63) is 11.6 Å². The van der Waals surface area contributed by atoms with Gasteiger partial charge in [0.15, 0.2) is 5.82 Å².